The highest BCUT2D eigenvalue weighted by molar-refractivity contribution is 9.11. The summed E-state index contributed by atoms with van der Waals surface area (Å²) in [6.07, 6.45) is 2.46. The second-order valence-corrected chi connectivity index (χ2v) is 6.98. The molecule has 5 heteroatoms. The molecule has 2 nitrogen and oxygen atoms in total. The minimum absolute atomic E-state index is 0.647. The number of halogens is 2. The molecule has 1 N–H and O–H groups in total. The van der Waals surface area contributed by atoms with Gasteiger partial charge in [0.05, 0.1) is 12.2 Å². The van der Waals surface area contributed by atoms with Crippen molar-refractivity contribution in [3.05, 3.63) is 27.1 Å². The maximum absolute atomic E-state index is 4.53. The first kappa shape index (κ1) is 13.4. The van der Waals surface area contributed by atoms with Crippen molar-refractivity contribution in [2.24, 2.45) is 4.99 Å². The molecule has 2 rings (SSSR count). The van der Waals surface area contributed by atoms with Crippen LogP contribution in [0.4, 0.5) is 5.69 Å². The van der Waals surface area contributed by atoms with Crippen molar-refractivity contribution < 1.29 is 0 Å². The molecule has 0 saturated carbocycles. The van der Waals surface area contributed by atoms with Gasteiger partial charge in [0.1, 0.15) is 0 Å². The number of hydrogen-bond acceptors (Lipinski definition) is 3. The summed E-state index contributed by atoms with van der Waals surface area (Å²) in [4.78, 5) is 4.53. The van der Waals surface area contributed by atoms with Gasteiger partial charge in [-0.05, 0) is 40.5 Å². The lowest BCUT2D eigenvalue weighted by Crippen LogP contribution is -2.07. The van der Waals surface area contributed by atoms with E-state index in [1.807, 2.05) is 23.9 Å². The van der Waals surface area contributed by atoms with Crippen LogP contribution in [0.25, 0.3) is 0 Å². The number of benzene rings is 1. The number of hydrogen-bond donors (Lipinski definition) is 1. The normalized spacial score (nSPS) is 19.2. The van der Waals surface area contributed by atoms with Crippen molar-refractivity contribution in [3.63, 3.8) is 0 Å². The number of thioether (sulfide) groups is 1. The summed E-state index contributed by atoms with van der Waals surface area (Å²) >= 11 is 8.86. The molecular formula is C12H14Br2N2S. The number of amidine groups is 1. The van der Waals surface area contributed by atoms with Crippen LogP contribution in [0, 0.1) is 0 Å². The van der Waals surface area contributed by atoms with Crippen LogP contribution < -0.4 is 5.32 Å². The molecule has 1 heterocycles. The summed E-state index contributed by atoms with van der Waals surface area (Å²) in [6.45, 7) is 3.16. The van der Waals surface area contributed by atoms with Crippen LogP contribution in [0.3, 0.4) is 0 Å². The van der Waals surface area contributed by atoms with Gasteiger partial charge in [-0.15, -0.1) is 0 Å². The van der Waals surface area contributed by atoms with Crippen molar-refractivity contribution in [1.82, 2.24) is 0 Å². The number of nitrogens with zero attached hydrogens (tertiary/aromatic N) is 1. The van der Waals surface area contributed by atoms with E-state index in [-0.39, 0.29) is 0 Å². The highest BCUT2D eigenvalue weighted by atomic mass is 79.9. The zero-order valence-electron chi connectivity index (χ0n) is 9.54. The molecule has 0 saturated heterocycles. The van der Waals surface area contributed by atoms with E-state index in [1.54, 1.807) is 0 Å². The number of rotatable bonds is 3. The van der Waals surface area contributed by atoms with Gasteiger partial charge in [0.2, 0.25) is 0 Å². The van der Waals surface area contributed by atoms with E-state index >= 15 is 0 Å². The third-order valence-electron chi connectivity index (χ3n) is 2.50. The van der Waals surface area contributed by atoms with Crippen molar-refractivity contribution in [1.29, 1.82) is 0 Å². The molecule has 0 aromatic heterocycles. The Balaban J connectivity index is 2.00. The quantitative estimate of drug-likeness (QED) is 0.810. The molecule has 0 fully saturated rings. The average molecular weight is 378 g/mol. The fourth-order valence-corrected chi connectivity index (χ4v) is 3.51. The van der Waals surface area contributed by atoms with Gasteiger partial charge in [0, 0.05) is 14.2 Å². The molecule has 1 aromatic carbocycles. The zero-order chi connectivity index (χ0) is 12.3. The number of nitrogens with one attached hydrogen (secondary N) is 1. The second-order valence-electron chi connectivity index (χ2n) is 3.92. The lowest BCUT2D eigenvalue weighted by Gasteiger charge is -2.09. The highest BCUT2D eigenvalue weighted by Gasteiger charge is 2.19. The molecule has 0 spiro atoms. The lowest BCUT2D eigenvalue weighted by molar-refractivity contribution is 0.754. The van der Waals surface area contributed by atoms with Gasteiger partial charge >= 0.3 is 0 Å². The minimum Gasteiger partial charge on any atom is -0.334 e. The first-order chi connectivity index (χ1) is 8.19. The van der Waals surface area contributed by atoms with Crippen LogP contribution in [0.5, 0.6) is 0 Å². The molecular weight excluding hydrogens is 364 g/mol. The average Bonchev–Trinajstić information content (AvgIpc) is 2.72. The summed E-state index contributed by atoms with van der Waals surface area (Å²) in [5.74, 6) is 0. The van der Waals surface area contributed by atoms with Crippen LogP contribution in [0.1, 0.15) is 19.8 Å². The summed E-state index contributed by atoms with van der Waals surface area (Å²) in [5.41, 5.74) is 1.06. The van der Waals surface area contributed by atoms with E-state index in [9.17, 15) is 0 Å². The summed E-state index contributed by atoms with van der Waals surface area (Å²) in [6, 6.07) is 6.09. The maximum Gasteiger partial charge on any atom is 0.161 e. The molecule has 0 aliphatic carbocycles. The second kappa shape index (κ2) is 6.25. The van der Waals surface area contributed by atoms with Crippen molar-refractivity contribution in [2.75, 3.05) is 11.9 Å². The molecule has 1 unspecified atom stereocenters. The van der Waals surface area contributed by atoms with Crippen molar-refractivity contribution in [2.45, 2.75) is 25.0 Å². The molecule has 92 valence electrons. The maximum atomic E-state index is 4.53. The van der Waals surface area contributed by atoms with E-state index in [0.29, 0.717) is 5.25 Å². The lowest BCUT2D eigenvalue weighted by atomic mass is 10.2. The fourth-order valence-electron chi connectivity index (χ4n) is 1.67. The van der Waals surface area contributed by atoms with Crippen LogP contribution in [-0.2, 0) is 0 Å². The van der Waals surface area contributed by atoms with Crippen molar-refractivity contribution >= 4 is 54.5 Å². The molecule has 0 bridgehead atoms. The third-order valence-corrected chi connectivity index (χ3v) is 4.85. The Morgan fingerprint density at radius 1 is 1.47 bits per heavy atom. The Hall–Kier alpha value is -0.000000000000000111. The van der Waals surface area contributed by atoms with Gasteiger partial charge in [0.25, 0.3) is 0 Å². The summed E-state index contributed by atoms with van der Waals surface area (Å²) in [7, 11) is 0. The first-order valence-electron chi connectivity index (χ1n) is 5.62. The van der Waals surface area contributed by atoms with Crippen LogP contribution in [-0.4, -0.2) is 17.0 Å². The Kier molecular flexibility index (Phi) is 4.94. The predicted octanol–water partition coefficient (Wildman–Crippen LogP) is 4.90. The monoisotopic (exact) mass is 376 g/mol. The van der Waals surface area contributed by atoms with Crippen molar-refractivity contribution in [3.8, 4) is 0 Å². The topological polar surface area (TPSA) is 24.4 Å². The predicted molar refractivity (Wildman–Crippen MR) is 84.1 cm³/mol. The number of aliphatic imine (C=N–C) groups is 1. The van der Waals surface area contributed by atoms with E-state index in [0.717, 1.165) is 26.3 Å². The largest absolute Gasteiger partial charge is 0.334 e. The van der Waals surface area contributed by atoms with E-state index < -0.39 is 0 Å². The van der Waals surface area contributed by atoms with Gasteiger partial charge in [0.15, 0.2) is 5.17 Å². The van der Waals surface area contributed by atoms with Gasteiger partial charge in [-0.2, -0.15) is 0 Å². The van der Waals surface area contributed by atoms with Crippen LogP contribution >= 0.6 is 43.6 Å². The fraction of sp³-hybridized carbons (Fsp3) is 0.417. The minimum atomic E-state index is 0.647. The molecule has 17 heavy (non-hydrogen) atoms. The number of anilines is 1. The summed E-state index contributed by atoms with van der Waals surface area (Å²) < 4.78 is 2.12. The van der Waals surface area contributed by atoms with Gasteiger partial charge < -0.3 is 5.32 Å². The molecule has 1 aromatic rings. The first-order valence-corrected chi connectivity index (χ1v) is 8.08. The molecule has 1 atom stereocenters. The van der Waals surface area contributed by atoms with Crippen LogP contribution in [0.2, 0.25) is 0 Å². The molecule has 1 aliphatic heterocycles. The SMILES string of the molecule is CCCC1CN=C(Nc2cc(Br)ccc2Br)S1. The smallest absolute Gasteiger partial charge is 0.161 e. The Bertz CT molecular complexity index is 435. The van der Waals surface area contributed by atoms with Gasteiger partial charge in [-0.25, -0.2) is 0 Å². The Morgan fingerprint density at radius 3 is 3.06 bits per heavy atom. The summed E-state index contributed by atoms with van der Waals surface area (Å²) in [5, 5.41) is 5.05. The Morgan fingerprint density at radius 2 is 2.29 bits per heavy atom. The molecule has 0 amide bonds. The van der Waals surface area contributed by atoms with Gasteiger partial charge in [-0.3, -0.25) is 4.99 Å². The standard InChI is InChI=1S/C12H14Br2N2S/c1-2-3-9-7-15-12(17-9)16-11-6-8(13)4-5-10(11)14/h4-6,9H,2-3,7H2,1H3,(H,15,16). The van der Waals surface area contributed by atoms with Gasteiger partial charge in [-0.1, -0.05) is 41.0 Å². The van der Waals surface area contributed by atoms with E-state index in [4.69, 9.17) is 0 Å². The molecule has 0 radical (unpaired) electrons. The van der Waals surface area contributed by atoms with Crippen LogP contribution in [0.15, 0.2) is 32.1 Å². The molecule has 1 aliphatic rings. The van der Waals surface area contributed by atoms with E-state index in [1.165, 1.54) is 12.8 Å². The Labute approximate surface area is 123 Å². The van der Waals surface area contributed by atoms with E-state index in [2.05, 4.69) is 55.2 Å². The highest BCUT2D eigenvalue weighted by Crippen LogP contribution is 2.30. The zero-order valence-corrected chi connectivity index (χ0v) is 13.5. The third kappa shape index (κ3) is 3.73.